The molecular weight excluding hydrogens is 510 g/mol. The van der Waals surface area contributed by atoms with Gasteiger partial charge in [-0.1, -0.05) is 34.1 Å². The molecular formula is C24H16BrNO6S. The van der Waals surface area contributed by atoms with Crippen LogP contribution in [-0.4, -0.2) is 39.5 Å². The standard InChI is InChI=1S/C24H16BrNO6S/c1-13-2-3-15(23(29)30)10-18(13)20-9-8-17(32-20)11-21-22(28)26(24(31)33-21)12-19(27)14-4-6-16(25)7-5-14/h2-11H,12H2,1H3,(H,29,30)/b21-11-. The van der Waals surface area contributed by atoms with Gasteiger partial charge in [-0.25, -0.2) is 4.79 Å². The number of halogens is 1. The first-order valence-corrected chi connectivity index (χ1v) is 11.3. The van der Waals surface area contributed by atoms with Gasteiger partial charge in [-0.2, -0.15) is 0 Å². The number of hydrogen-bond donors (Lipinski definition) is 1. The Morgan fingerprint density at radius 2 is 1.76 bits per heavy atom. The van der Waals surface area contributed by atoms with Gasteiger partial charge in [-0.3, -0.25) is 19.3 Å². The van der Waals surface area contributed by atoms with Crippen molar-refractivity contribution in [3.63, 3.8) is 0 Å². The Kier molecular flexibility index (Phi) is 6.35. The molecule has 0 spiro atoms. The molecule has 7 nitrogen and oxygen atoms in total. The van der Waals surface area contributed by atoms with E-state index in [9.17, 15) is 24.3 Å². The summed E-state index contributed by atoms with van der Waals surface area (Å²) in [7, 11) is 0. The molecule has 0 unspecified atom stereocenters. The molecule has 0 aliphatic carbocycles. The zero-order chi connectivity index (χ0) is 23.7. The minimum Gasteiger partial charge on any atom is -0.478 e. The van der Waals surface area contributed by atoms with E-state index >= 15 is 0 Å². The molecule has 33 heavy (non-hydrogen) atoms. The van der Waals surface area contributed by atoms with E-state index in [0.29, 0.717) is 22.6 Å². The summed E-state index contributed by atoms with van der Waals surface area (Å²) in [6.45, 7) is 1.48. The molecule has 0 bridgehead atoms. The van der Waals surface area contributed by atoms with Crippen LogP contribution < -0.4 is 0 Å². The lowest BCUT2D eigenvalue weighted by atomic mass is 10.0. The molecule has 4 rings (SSSR count). The molecule has 1 saturated heterocycles. The summed E-state index contributed by atoms with van der Waals surface area (Å²) in [5, 5.41) is 8.69. The number of thioether (sulfide) groups is 1. The minimum absolute atomic E-state index is 0.130. The highest BCUT2D eigenvalue weighted by Crippen LogP contribution is 2.34. The smallest absolute Gasteiger partial charge is 0.335 e. The number of ketones is 1. The highest BCUT2D eigenvalue weighted by Gasteiger charge is 2.36. The number of Topliss-reactive ketones (excluding diaryl/α,β-unsaturated/α-hetero) is 1. The molecule has 3 aromatic rings. The van der Waals surface area contributed by atoms with E-state index < -0.39 is 17.1 Å². The summed E-state index contributed by atoms with van der Waals surface area (Å²) in [5.74, 6) is -1.20. The van der Waals surface area contributed by atoms with Crippen LogP contribution in [0.2, 0.25) is 0 Å². The number of nitrogens with zero attached hydrogens (tertiary/aromatic N) is 1. The third-order valence-corrected chi connectivity index (χ3v) is 6.43. The number of amides is 2. The van der Waals surface area contributed by atoms with Crippen molar-refractivity contribution in [3.8, 4) is 11.3 Å². The van der Waals surface area contributed by atoms with Crippen LogP contribution in [0.15, 0.2) is 68.4 Å². The second-order valence-electron chi connectivity index (χ2n) is 7.23. The lowest BCUT2D eigenvalue weighted by molar-refractivity contribution is -0.122. The fourth-order valence-corrected chi connectivity index (χ4v) is 4.31. The number of carboxylic acids is 1. The fraction of sp³-hybridized carbons (Fsp3) is 0.0833. The van der Waals surface area contributed by atoms with Crippen molar-refractivity contribution in [2.75, 3.05) is 6.54 Å². The Hall–Kier alpha value is -3.43. The number of hydrogen-bond acceptors (Lipinski definition) is 6. The van der Waals surface area contributed by atoms with Crippen LogP contribution in [0.3, 0.4) is 0 Å². The number of rotatable bonds is 6. The maximum Gasteiger partial charge on any atom is 0.335 e. The number of imide groups is 1. The van der Waals surface area contributed by atoms with Gasteiger partial charge in [-0.15, -0.1) is 0 Å². The summed E-state index contributed by atoms with van der Waals surface area (Å²) < 4.78 is 6.61. The topological polar surface area (TPSA) is 105 Å². The maximum atomic E-state index is 12.7. The molecule has 1 aromatic heterocycles. The number of furan rings is 1. The maximum absolute atomic E-state index is 12.7. The highest BCUT2D eigenvalue weighted by molar-refractivity contribution is 9.10. The summed E-state index contributed by atoms with van der Waals surface area (Å²) in [6, 6.07) is 14.7. The molecule has 1 aliphatic rings. The molecule has 0 saturated carbocycles. The quantitative estimate of drug-likeness (QED) is 0.328. The number of aryl methyl sites for hydroxylation is 1. The van der Waals surface area contributed by atoms with Crippen molar-refractivity contribution in [3.05, 3.63) is 86.4 Å². The Morgan fingerprint density at radius 1 is 1.06 bits per heavy atom. The molecule has 1 aliphatic heterocycles. The first kappa shape index (κ1) is 22.8. The number of benzene rings is 2. The van der Waals surface area contributed by atoms with Gasteiger partial charge in [0.1, 0.15) is 11.5 Å². The molecule has 2 aromatic carbocycles. The van der Waals surface area contributed by atoms with E-state index in [1.807, 2.05) is 6.92 Å². The molecule has 1 fully saturated rings. The van der Waals surface area contributed by atoms with Crippen LogP contribution in [0, 0.1) is 6.92 Å². The molecule has 1 N–H and O–H groups in total. The summed E-state index contributed by atoms with van der Waals surface area (Å²) in [6.07, 6.45) is 1.44. The van der Waals surface area contributed by atoms with Crippen molar-refractivity contribution in [2.45, 2.75) is 6.92 Å². The average molecular weight is 526 g/mol. The minimum atomic E-state index is -1.05. The third kappa shape index (κ3) is 4.84. The predicted octanol–water partition coefficient (Wildman–Crippen LogP) is 5.63. The Balaban J connectivity index is 1.53. The second kappa shape index (κ2) is 9.21. The van der Waals surface area contributed by atoms with Gasteiger partial charge >= 0.3 is 5.97 Å². The van der Waals surface area contributed by atoms with Crippen molar-refractivity contribution in [1.29, 1.82) is 0 Å². The van der Waals surface area contributed by atoms with Crippen molar-refractivity contribution in [2.24, 2.45) is 0 Å². The molecule has 0 atom stereocenters. The number of carbonyl (C=O) groups excluding carboxylic acids is 3. The number of aromatic carboxylic acids is 1. The normalized spacial score (nSPS) is 14.8. The Morgan fingerprint density at radius 3 is 2.45 bits per heavy atom. The monoisotopic (exact) mass is 525 g/mol. The SMILES string of the molecule is Cc1ccc(C(=O)O)cc1-c1ccc(/C=C2\SC(=O)N(CC(=O)c3ccc(Br)cc3)C2=O)o1. The van der Waals surface area contributed by atoms with Gasteiger partial charge < -0.3 is 9.52 Å². The van der Waals surface area contributed by atoms with Crippen LogP contribution >= 0.6 is 27.7 Å². The average Bonchev–Trinajstić information content (AvgIpc) is 3.34. The number of carboxylic acid groups (broad SMARTS) is 1. The van der Waals surface area contributed by atoms with E-state index in [1.165, 1.54) is 18.2 Å². The number of carbonyl (C=O) groups is 4. The second-order valence-corrected chi connectivity index (χ2v) is 9.14. The fourth-order valence-electron chi connectivity index (χ4n) is 3.23. The zero-order valence-corrected chi connectivity index (χ0v) is 19.6. The first-order valence-electron chi connectivity index (χ1n) is 9.71. The van der Waals surface area contributed by atoms with Gasteiger partial charge in [0.05, 0.1) is 17.0 Å². The van der Waals surface area contributed by atoms with E-state index in [0.717, 1.165) is 26.7 Å². The molecule has 9 heteroatoms. The summed E-state index contributed by atoms with van der Waals surface area (Å²) in [4.78, 5) is 49.9. The molecule has 0 radical (unpaired) electrons. The van der Waals surface area contributed by atoms with Gasteiger partial charge in [0.2, 0.25) is 0 Å². The summed E-state index contributed by atoms with van der Waals surface area (Å²) >= 11 is 4.03. The van der Waals surface area contributed by atoms with Gasteiger partial charge in [0.25, 0.3) is 11.1 Å². The van der Waals surface area contributed by atoms with Gasteiger partial charge in [0, 0.05) is 21.7 Å². The van der Waals surface area contributed by atoms with E-state index in [-0.39, 0.29) is 22.8 Å². The summed E-state index contributed by atoms with van der Waals surface area (Å²) in [5.41, 5.74) is 1.97. The van der Waals surface area contributed by atoms with E-state index in [2.05, 4.69) is 15.9 Å². The van der Waals surface area contributed by atoms with Crippen LogP contribution in [-0.2, 0) is 4.79 Å². The predicted molar refractivity (Wildman–Crippen MR) is 127 cm³/mol. The molecule has 2 heterocycles. The lowest BCUT2D eigenvalue weighted by Crippen LogP contribution is -2.33. The van der Waals surface area contributed by atoms with Crippen LogP contribution in [0.5, 0.6) is 0 Å². The largest absolute Gasteiger partial charge is 0.478 e. The molecule has 166 valence electrons. The van der Waals surface area contributed by atoms with Crippen molar-refractivity contribution >= 4 is 56.7 Å². The Labute approximate surface area is 201 Å². The van der Waals surface area contributed by atoms with Gasteiger partial charge in [-0.05, 0) is 60.6 Å². The zero-order valence-electron chi connectivity index (χ0n) is 17.2. The Bertz CT molecular complexity index is 1320. The van der Waals surface area contributed by atoms with Crippen LogP contribution in [0.25, 0.3) is 17.4 Å². The first-order chi connectivity index (χ1) is 15.7. The van der Waals surface area contributed by atoms with E-state index in [1.54, 1.807) is 42.5 Å². The third-order valence-electron chi connectivity index (χ3n) is 4.99. The van der Waals surface area contributed by atoms with Crippen molar-refractivity contribution < 1.29 is 28.7 Å². The lowest BCUT2D eigenvalue weighted by Gasteiger charge is -2.11. The van der Waals surface area contributed by atoms with Crippen molar-refractivity contribution in [1.82, 2.24) is 4.90 Å². The van der Waals surface area contributed by atoms with Crippen LogP contribution in [0.4, 0.5) is 4.79 Å². The van der Waals surface area contributed by atoms with Gasteiger partial charge in [0.15, 0.2) is 5.78 Å². The van der Waals surface area contributed by atoms with Crippen LogP contribution in [0.1, 0.15) is 32.0 Å². The molecule has 2 amide bonds. The highest BCUT2D eigenvalue weighted by atomic mass is 79.9. The van der Waals surface area contributed by atoms with E-state index in [4.69, 9.17) is 4.42 Å².